The van der Waals surface area contributed by atoms with Crippen LogP contribution in [-0.2, 0) is 13.1 Å². The van der Waals surface area contributed by atoms with Gasteiger partial charge in [0.1, 0.15) is 0 Å². The largest absolute Gasteiger partial charge is 0.338 e. The second kappa shape index (κ2) is 7.90. The zero-order valence-corrected chi connectivity index (χ0v) is 12.8. The van der Waals surface area contributed by atoms with Crippen LogP contribution in [0.1, 0.15) is 43.5 Å². The van der Waals surface area contributed by atoms with Crippen LogP contribution in [0.2, 0.25) is 0 Å². The number of hydrogen-bond acceptors (Lipinski definition) is 5. The van der Waals surface area contributed by atoms with Crippen molar-refractivity contribution in [1.82, 2.24) is 15.0 Å². The molecule has 0 atom stereocenters. The topological polar surface area (TPSA) is 68.2 Å². The number of aromatic nitrogens is 2. The Hall–Kier alpha value is -1.72. The van der Waals surface area contributed by atoms with E-state index in [4.69, 9.17) is 10.3 Å². The predicted molar refractivity (Wildman–Crippen MR) is 82.6 cm³/mol. The Labute approximate surface area is 126 Å². The van der Waals surface area contributed by atoms with E-state index in [9.17, 15) is 0 Å². The minimum absolute atomic E-state index is 0.286. The molecule has 0 saturated heterocycles. The van der Waals surface area contributed by atoms with Crippen LogP contribution in [0.4, 0.5) is 0 Å². The van der Waals surface area contributed by atoms with Gasteiger partial charge in [-0.3, -0.25) is 4.90 Å². The van der Waals surface area contributed by atoms with Gasteiger partial charge < -0.3 is 10.3 Å². The molecule has 1 aromatic heterocycles. The maximum atomic E-state index is 5.63. The predicted octanol–water partition coefficient (Wildman–Crippen LogP) is 2.54. The lowest BCUT2D eigenvalue weighted by Crippen LogP contribution is -2.25. The standard InChI is InChI=1S/C16H24N4O/c1-13(2)16-18-15(21-19-16)12-20(10-6-9-17)11-14-7-4-3-5-8-14/h3-5,7-8,13H,6,9-12,17H2,1-2H3. The van der Waals surface area contributed by atoms with E-state index in [0.717, 1.165) is 25.3 Å². The Bertz CT molecular complexity index is 524. The van der Waals surface area contributed by atoms with Crippen molar-refractivity contribution in [2.24, 2.45) is 5.73 Å². The van der Waals surface area contributed by atoms with Gasteiger partial charge in [0.05, 0.1) is 6.54 Å². The summed E-state index contributed by atoms with van der Waals surface area (Å²) in [5.41, 5.74) is 6.91. The molecule has 0 unspecified atom stereocenters. The number of nitrogens with two attached hydrogens (primary N) is 1. The van der Waals surface area contributed by atoms with E-state index in [0.29, 0.717) is 19.0 Å². The van der Waals surface area contributed by atoms with Gasteiger partial charge in [0.2, 0.25) is 5.89 Å². The summed E-state index contributed by atoms with van der Waals surface area (Å²) in [7, 11) is 0. The van der Waals surface area contributed by atoms with Crippen molar-refractivity contribution < 1.29 is 4.52 Å². The van der Waals surface area contributed by atoms with E-state index >= 15 is 0 Å². The van der Waals surface area contributed by atoms with Gasteiger partial charge in [0.15, 0.2) is 5.82 Å². The minimum Gasteiger partial charge on any atom is -0.338 e. The first-order chi connectivity index (χ1) is 10.2. The molecule has 2 rings (SSSR count). The highest BCUT2D eigenvalue weighted by molar-refractivity contribution is 5.14. The molecule has 0 amide bonds. The molecule has 21 heavy (non-hydrogen) atoms. The summed E-state index contributed by atoms with van der Waals surface area (Å²) < 4.78 is 5.34. The van der Waals surface area contributed by atoms with Crippen LogP contribution in [0.15, 0.2) is 34.9 Å². The fourth-order valence-electron chi connectivity index (χ4n) is 2.13. The lowest BCUT2D eigenvalue weighted by molar-refractivity contribution is 0.217. The van der Waals surface area contributed by atoms with Gasteiger partial charge in [-0.05, 0) is 18.5 Å². The van der Waals surface area contributed by atoms with E-state index in [1.807, 2.05) is 6.07 Å². The van der Waals surface area contributed by atoms with Crippen LogP contribution in [0.25, 0.3) is 0 Å². The molecule has 2 aromatic rings. The summed E-state index contributed by atoms with van der Waals surface area (Å²) in [4.78, 5) is 6.74. The van der Waals surface area contributed by atoms with Gasteiger partial charge >= 0.3 is 0 Å². The average molecular weight is 288 g/mol. The van der Waals surface area contributed by atoms with Crippen LogP contribution in [0, 0.1) is 0 Å². The maximum absolute atomic E-state index is 5.63. The Morgan fingerprint density at radius 1 is 1.19 bits per heavy atom. The Kier molecular flexibility index (Phi) is 5.90. The second-order valence-electron chi connectivity index (χ2n) is 5.54. The van der Waals surface area contributed by atoms with Crippen LogP contribution in [0.5, 0.6) is 0 Å². The first kappa shape index (κ1) is 15.7. The summed E-state index contributed by atoms with van der Waals surface area (Å²) >= 11 is 0. The fourth-order valence-corrected chi connectivity index (χ4v) is 2.13. The molecule has 0 aliphatic heterocycles. The molecule has 0 aliphatic carbocycles. The highest BCUT2D eigenvalue weighted by Gasteiger charge is 2.14. The molecular weight excluding hydrogens is 264 g/mol. The summed E-state index contributed by atoms with van der Waals surface area (Å²) in [6, 6.07) is 10.4. The quantitative estimate of drug-likeness (QED) is 0.808. The van der Waals surface area contributed by atoms with Gasteiger partial charge in [0.25, 0.3) is 0 Å². The van der Waals surface area contributed by atoms with Crippen LogP contribution in [-0.4, -0.2) is 28.1 Å². The van der Waals surface area contributed by atoms with E-state index in [2.05, 4.69) is 53.2 Å². The molecule has 0 radical (unpaired) electrons. The van der Waals surface area contributed by atoms with E-state index in [1.54, 1.807) is 0 Å². The molecule has 1 aromatic carbocycles. The van der Waals surface area contributed by atoms with Crippen molar-refractivity contribution in [3.05, 3.63) is 47.6 Å². The minimum atomic E-state index is 0.286. The first-order valence-electron chi connectivity index (χ1n) is 7.48. The molecule has 2 N–H and O–H groups in total. The van der Waals surface area contributed by atoms with Gasteiger partial charge in [-0.15, -0.1) is 0 Å². The lowest BCUT2D eigenvalue weighted by Gasteiger charge is -2.20. The summed E-state index contributed by atoms with van der Waals surface area (Å²) in [5.74, 6) is 1.73. The van der Waals surface area contributed by atoms with Gasteiger partial charge in [-0.2, -0.15) is 4.98 Å². The van der Waals surface area contributed by atoms with E-state index in [1.165, 1.54) is 5.56 Å². The third kappa shape index (κ3) is 4.95. The van der Waals surface area contributed by atoms with Crippen LogP contribution < -0.4 is 5.73 Å². The molecular formula is C16H24N4O. The summed E-state index contributed by atoms with van der Waals surface area (Å²) in [5, 5.41) is 4.02. The van der Waals surface area contributed by atoms with E-state index in [-0.39, 0.29) is 5.92 Å². The zero-order valence-electron chi connectivity index (χ0n) is 12.8. The summed E-state index contributed by atoms with van der Waals surface area (Å²) in [6.45, 7) is 7.25. The number of hydrogen-bond donors (Lipinski definition) is 1. The molecule has 1 heterocycles. The van der Waals surface area contributed by atoms with Crippen molar-refractivity contribution in [1.29, 1.82) is 0 Å². The highest BCUT2D eigenvalue weighted by atomic mass is 16.5. The number of rotatable bonds is 8. The molecule has 114 valence electrons. The highest BCUT2D eigenvalue weighted by Crippen LogP contribution is 2.13. The Balaban J connectivity index is 2.01. The van der Waals surface area contributed by atoms with Gasteiger partial charge in [-0.25, -0.2) is 0 Å². The maximum Gasteiger partial charge on any atom is 0.240 e. The lowest BCUT2D eigenvalue weighted by atomic mass is 10.2. The van der Waals surface area contributed by atoms with Gasteiger partial charge in [-0.1, -0.05) is 49.3 Å². The van der Waals surface area contributed by atoms with Gasteiger partial charge in [0, 0.05) is 19.0 Å². The third-order valence-electron chi connectivity index (χ3n) is 3.29. The number of nitrogens with zero attached hydrogens (tertiary/aromatic N) is 3. The average Bonchev–Trinajstić information content (AvgIpc) is 2.94. The van der Waals surface area contributed by atoms with Crippen molar-refractivity contribution >= 4 is 0 Å². The molecule has 0 spiro atoms. The van der Waals surface area contributed by atoms with Crippen LogP contribution >= 0.6 is 0 Å². The van der Waals surface area contributed by atoms with Crippen molar-refractivity contribution in [2.75, 3.05) is 13.1 Å². The monoisotopic (exact) mass is 288 g/mol. The normalized spacial score (nSPS) is 11.5. The molecule has 0 fully saturated rings. The first-order valence-corrected chi connectivity index (χ1v) is 7.48. The SMILES string of the molecule is CC(C)c1noc(CN(CCCN)Cc2ccccc2)n1. The van der Waals surface area contributed by atoms with Crippen LogP contribution in [0.3, 0.4) is 0 Å². The molecule has 0 saturated carbocycles. The molecule has 0 bridgehead atoms. The zero-order chi connectivity index (χ0) is 15.1. The molecule has 5 nitrogen and oxygen atoms in total. The smallest absolute Gasteiger partial charge is 0.240 e. The molecule has 0 aliphatic rings. The van der Waals surface area contributed by atoms with Crippen molar-refractivity contribution in [3.63, 3.8) is 0 Å². The van der Waals surface area contributed by atoms with E-state index < -0.39 is 0 Å². The second-order valence-corrected chi connectivity index (χ2v) is 5.54. The summed E-state index contributed by atoms with van der Waals surface area (Å²) in [6.07, 6.45) is 0.956. The third-order valence-corrected chi connectivity index (χ3v) is 3.29. The number of benzene rings is 1. The Morgan fingerprint density at radius 3 is 2.57 bits per heavy atom. The molecule has 5 heteroatoms. The Morgan fingerprint density at radius 2 is 1.95 bits per heavy atom. The fraction of sp³-hybridized carbons (Fsp3) is 0.500. The van der Waals surface area contributed by atoms with Crippen molar-refractivity contribution in [3.8, 4) is 0 Å². The van der Waals surface area contributed by atoms with Crippen molar-refractivity contribution in [2.45, 2.75) is 39.3 Å².